The Morgan fingerprint density at radius 2 is 1.89 bits per heavy atom. The fraction of sp³-hybridized carbons (Fsp3) is 0.250. The van der Waals surface area contributed by atoms with E-state index in [1.165, 1.54) is 0 Å². The minimum atomic E-state index is -5.17. The van der Waals surface area contributed by atoms with Crippen LogP contribution < -0.4 is 10.6 Å². The van der Waals surface area contributed by atoms with Gasteiger partial charge in [0, 0.05) is 6.07 Å². The van der Waals surface area contributed by atoms with Crippen molar-refractivity contribution in [3.8, 4) is 0 Å². The zero-order chi connectivity index (χ0) is 20.7. The number of allylic oxidation sites excluding steroid dienone is 1. The molecular formula is C12H8Cl2F3N5O5. The van der Waals surface area contributed by atoms with E-state index < -0.39 is 50.3 Å². The van der Waals surface area contributed by atoms with E-state index in [0.717, 1.165) is 12.0 Å². The molecule has 0 saturated carbocycles. The predicted octanol–water partition coefficient (Wildman–Crippen LogP) is 3.36. The van der Waals surface area contributed by atoms with Crippen LogP contribution in [0.25, 0.3) is 0 Å². The minimum absolute atomic E-state index is 0.0913. The number of hydrogen-bond donors (Lipinski definition) is 1. The lowest BCUT2D eigenvalue weighted by molar-refractivity contribution is -0.393. The first-order valence-electron chi connectivity index (χ1n) is 6.65. The van der Waals surface area contributed by atoms with Gasteiger partial charge >= 0.3 is 17.6 Å². The zero-order valence-electron chi connectivity index (χ0n) is 13.1. The number of methoxy groups -OCH3 is 1. The second kappa shape index (κ2) is 7.08. The molecule has 1 aliphatic rings. The summed E-state index contributed by atoms with van der Waals surface area (Å²) in [5.74, 6) is -0.378. The molecule has 0 fully saturated rings. The molecule has 1 aliphatic heterocycles. The van der Waals surface area contributed by atoms with Crippen LogP contribution in [0.3, 0.4) is 0 Å². The third-order valence-electron chi connectivity index (χ3n) is 3.39. The molecule has 146 valence electrons. The van der Waals surface area contributed by atoms with Crippen molar-refractivity contribution < 1.29 is 27.8 Å². The maximum absolute atomic E-state index is 13.1. The van der Waals surface area contributed by atoms with E-state index in [1.54, 1.807) is 0 Å². The summed E-state index contributed by atoms with van der Waals surface area (Å²) in [6, 6.07) is 0.0913. The summed E-state index contributed by atoms with van der Waals surface area (Å²) >= 11 is 11.3. The first kappa shape index (κ1) is 20.5. The van der Waals surface area contributed by atoms with E-state index in [2.05, 4.69) is 4.99 Å². The molecule has 0 saturated heterocycles. The predicted molar refractivity (Wildman–Crippen MR) is 88.6 cm³/mol. The van der Waals surface area contributed by atoms with Crippen molar-refractivity contribution in [2.45, 2.75) is 6.18 Å². The maximum Gasteiger partial charge on any atom is 0.418 e. The van der Waals surface area contributed by atoms with Gasteiger partial charge in [-0.3, -0.25) is 25.1 Å². The second-order valence-electron chi connectivity index (χ2n) is 4.91. The van der Waals surface area contributed by atoms with E-state index in [1.807, 2.05) is 0 Å². The number of alkyl halides is 3. The van der Waals surface area contributed by atoms with Crippen LogP contribution in [0.5, 0.6) is 0 Å². The van der Waals surface area contributed by atoms with E-state index in [0.29, 0.717) is 0 Å². The maximum atomic E-state index is 13.1. The number of nitro groups is 2. The topological polar surface area (TPSA) is 137 Å². The number of nitrogens with two attached hydrogens (primary N) is 1. The zero-order valence-corrected chi connectivity index (χ0v) is 14.6. The van der Waals surface area contributed by atoms with Gasteiger partial charge in [-0.05, 0) is 0 Å². The van der Waals surface area contributed by atoms with Gasteiger partial charge in [-0.2, -0.15) is 13.2 Å². The van der Waals surface area contributed by atoms with Gasteiger partial charge in [0.15, 0.2) is 5.17 Å². The summed E-state index contributed by atoms with van der Waals surface area (Å²) in [4.78, 5) is 24.7. The van der Waals surface area contributed by atoms with Gasteiger partial charge < -0.3 is 10.5 Å². The average Bonchev–Trinajstić information content (AvgIpc) is 2.54. The SMILES string of the molecule is COC1=C(N)C(Cl)=NCN1c1c([N+](=O)[O-])cc(C(F)(F)F)c(Cl)c1[N+](=O)[O-]. The summed E-state index contributed by atoms with van der Waals surface area (Å²) < 4.78 is 44.3. The van der Waals surface area contributed by atoms with Crippen molar-refractivity contribution in [1.29, 1.82) is 0 Å². The lowest BCUT2D eigenvalue weighted by atomic mass is 10.1. The Labute approximate surface area is 157 Å². The monoisotopic (exact) mass is 429 g/mol. The molecule has 0 atom stereocenters. The highest BCUT2D eigenvalue weighted by molar-refractivity contribution is 6.69. The molecule has 2 N–H and O–H groups in total. The molecule has 2 rings (SSSR count). The highest BCUT2D eigenvalue weighted by Gasteiger charge is 2.44. The number of anilines is 1. The van der Waals surface area contributed by atoms with E-state index in [4.69, 9.17) is 33.7 Å². The third-order valence-corrected chi connectivity index (χ3v) is 4.09. The fourth-order valence-corrected chi connectivity index (χ4v) is 2.76. The minimum Gasteiger partial charge on any atom is -0.481 e. The number of ether oxygens (including phenoxy) is 1. The first-order valence-corrected chi connectivity index (χ1v) is 7.41. The smallest absolute Gasteiger partial charge is 0.418 e. The van der Waals surface area contributed by atoms with Crippen molar-refractivity contribution in [2.24, 2.45) is 10.7 Å². The Bertz CT molecular complexity index is 902. The van der Waals surface area contributed by atoms with E-state index in [9.17, 15) is 33.4 Å². The molecule has 1 aromatic carbocycles. The molecule has 0 unspecified atom stereocenters. The van der Waals surface area contributed by atoms with E-state index >= 15 is 0 Å². The van der Waals surface area contributed by atoms with Crippen LogP contribution in [0.4, 0.5) is 30.2 Å². The van der Waals surface area contributed by atoms with Gasteiger partial charge in [-0.25, -0.2) is 4.99 Å². The second-order valence-corrected chi connectivity index (χ2v) is 5.64. The Kier molecular flexibility index (Phi) is 5.37. The summed E-state index contributed by atoms with van der Waals surface area (Å²) in [5, 5.41) is 21.2. The number of benzene rings is 1. The lowest BCUT2D eigenvalue weighted by Gasteiger charge is -2.28. The summed E-state index contributed by atoms with van der Waals surface area (Å²) in [6.45, 7) is -0.550. The number of hydrogen-bond acceptors (Lipinski definition) is 8. The first-order chi connectivity index (χ1) is 12.4. The van der Waals surface area contributed by atoms with Crippen LogP contribution in [-0.2, 0) is 10.9 Å². The molecule has 1 aromatic rings. The van der Waals surface area contributed by atoms with Gasteiger partial charge in [0.05, 0.1) is 22.5 Å². The number of nitrogens with zero attached hydrogens (tertiary/aromatic N) is 4. The number of aliphatic imine (C=N–C) groups is 1. The summed E-state index contributed by atoms with van der Waals surface area (Å²) in [5.41, 5.74) is 0.110. The highest BCUT2D eigenvalue weighted by atomic mass is 35.5. The van der Waals surface area contributed by atoms with Gasteiger partial charge in [-0.15, -0.1) is 0 Å². The quantitative estimate of drug-likeness (QED) is 0.571. The molecule has 0 aromatic heterocycles. The largest absolute Gasteiger partial charge is 0.481 e. The molecule has 0 aliphatic carbocycles. The molecule has 1 heterocycles. The molecule has 0 amide bonds. The van der Waals surface area contributed by atoms with Crippen LogP contribution in [0.2, 0.25) is 5.02 Å². The van der Waals surface area contributed by atoms with Crippen molar-refractivity contribution in [3.05, 3.63) is 48.5 Å². The van der Waals surface area contributed by atoms with Crippen molar-refractivity contribution >= 4 is 45.4 Å². The molecule has 10 nitrogen and oxygen atoms in total. The Morgan fingerprint density at radius 3 is 2.33 bits per heavy atom. The number of rotatable bonds is 4. The normalized spacial score (nSPS) is 14.9. The van der Waals surface area contributed by atoms with Crippen molar-refractivity contribution in [2.75, 3.05) is 18.7 Å². The standard InChI is InChI=1S/C12H8Cl2F3N5O5/c1-27-11-7(18)10(14)19-3-20(11)8-5(21(23)24)2-4(12(15,16)17)6(13)9(8)22(25)26/h2H,3,18H2,1H3. The van der Waals surface area contributed by atoms with Crippen LogP contribution in [0, 0.1) is 20.2 Å². The van der Waals surface area contributed by atoms with Crippen molar-refractivity contribution in [3.63, 3.8) is 0 Å². The molecule has 27 heavy (non-hydrogen) atoms. The van der Waals surface area contributed by atoms with Crippen LogP contribution in [0.15, 0.2) is 22.6 Å². The lowest BCUT2D eigenvalue weighted by Crippen LogP contribution is -2.34. The van der Waals surface area contributed by atoms with Crippen LogP contribution in [-0.4, -0.2) is 28.8 Å². The Morgan fingerprint density at radius 1 is 1.30 bits per heavy atom. The Hall–Kier alpha value is -2.80. The van der Waals surface area contributed by atoms with Crippen LogP contribution >= 0.6 is 23.2 Å². The summed E-state index contributed by atoms with van der Waals surface area (Å²) in [6.07, 6.45) is -5.17. The summed E-state index contributed by atoms with van der Waals surface area (Å²) in [7, 11) is 1.08. The van der Waals surface area contributed by atoms with E-state index in [-0.39, 0.29) is 22.8 Å². The Balaban J connectivity index is 2.93. The molecule has 0 radical (unpaired) electrons. The number of halogens is 5. The third kappa shape index (κ3) is 3.55. The van der Waals surface area contributed by atoms with Gasteiger partial charge in [-0.1, -0.05) is 23.2 Å². The number of nitro benzene ring substituents is 2. The average molecular weight is 430 g/mol. The molecule has 0 bridgehead atoms. The fourth-order valence-electron chi connectivity index (χ4n) is 2.31. The van der Waals surface area contributed by atoms with Crippen molar-refractivity contribution in [1.82, 2.24) is 0 Å². The van der Waals surface area contributed by atoms with Gasteiger partial charge in [0.25, 0.3) is 0 Å². The molecule has 0 spiro atoms. The molecule has 15 heteroatoms. The van der Waals surface area contributed by atoms with Gasteiger partial charge in [0.1, 0.15) is 17.4 Å². The molecular weight excluding hydrogens is 422 g/mol. The van der Waals surface area contributed by atoms with Gasteiger partial charge in [0.2, 0.25) is 11.6 Å². The van der Waals surface area contributed by atoms with Crippen LogP contribution in [0.1, 0.15) is 5.56 Å². The highest BCUT2D eigenvalue weighted by Crippen LogP contribution is 2.50.